The maximum absolute atomic E-state index is 13.4. The molecule has 12 heteroatoms. The van der Waals surface area contributed by atoms with Gasteiger partial charge in [0.05, 0.1) is 22.9 Å². The number of rotatable bonds is 6. The number of amides is 2. The number of anilines is 2. The fourth-order valence-electron chi connectivity index (χ4n) is 3.54. The van der Waals surface area contributed by atoms with Crippen molar-refractivity contribution in [1.82, 2.24) is 14.8 Å². The molecule has 2 N–H and O–H groups in total. The smallest absolute Gasteiger partial charge is 0.412 e. The number of nitrogens with zero attached hydrogens (tertiary/aromatic N) is 4. The van der Waals surface area contributed by atoms with Crippen molar-refractivity contribution in [3.63, 3.8) is 0 Å². The van der Waals surface area contributed by atoms with Gasteiger partial charge in [0, 0.05) is 22.3 Å². The van der Waals surface area contributed by atoms with Gasteiger partial charge in [-0.15, -0.1) is 0 Å². The van der Waals surface area contributed by atoms with E-state index in [4.69, 9.17) is 34.8 Å². The van der Waals surface area contributed by atoms with Crippen LogP contribution in [0.2, 0.25) is 15.1 Å². The second kappa shape index (κ2) is 10.9. The minimum Gasteiger partial charge on any atom is -0.465 e. The van der Waals surface area contributed by atoms with E-state index in [2.05, 4.69) is 31.3 Å². The zero-order valence-electron chi connectivity index (χ0n) is 18.5. The zero-order chi connectivity index (χ0) is 26.0. The molecule has 0 radical (unpaired) electrons. The Labute approximate surface area is 229 Å². The summed E-state index contributed by atoms with van der Waals surface area (Å²) in [5, 5.41) is 18.1. The van der Waals surface area contributed by atoms with Crippen molar-refractivity contribution in [2.45, 2.75) is 13.5 Å². The number of carboxylic acid groups (broad SMARTS) is 1. The van der Waals surface area contributed by atoms with Crippen molar-refractivity contribution in [1.29, 1.82) is 0 Å². The summed E-state index contributed by atoms with van der Waals surface area (Å²) < 4.78 is 1.68. The molecule has 4 aromatic rings. The average molecular weight is 610 g/mol. The molecule has 2 aromatic carbocycles. The molecule has 8 nitrogen and oxygen atoms in total. The number of aromatic nitrogens is 3. The van der Waals surface area contributed by atoms with E-state index < -0.39 is 12.0 Å². The number of halogens is 4. The lowest BCUT2D eigenvalue weighted by molar-refractivity contribution is 0.101. The molecule has 0 saturated carbocycles. The van der Waals surface area contributed by atoms with E-state index in [-0.39, 0.29) is 29.4 Å². The average Bonchev–Trinajstić information content (AvgIpc) is 3.21. The van der Waals surface area contributed by atoms with E-state index in [1.807, 2.05) is 0 Å². The van der Waals surface area contributed by atoms with E-state index in [0.717, 1.165) is 4.90 Å². The molecule has 0 unspecified atom stereocenters. The summed E-state index contributed by atoms with van der Waals surface area (Å²) in [7, 11) is 0. The number of carbonyl (C=O) groups excluding carboxylic acids is 1. The van der Waals surface area contributed by atoms with E-state index in [1.54, 1.807) is 49.4 Å². The summed E-state index contributed by atoms with van der Waals surface area (Å²) in [5.41, 5.74) is 1.70. The third-order valence-corrected chi connectivity index (χ3v) is 6.45. The molecule has 0 atom stereocenters. The van der Waals surface area contributed by atoms with Gasteiger partial charge >= 0.3 is 6.09 Å². The Kier molecular flexibility index (Phi) is 7.85. The molecule has 36 heavy (non-hydrogen) atoms. The van der Waals surface area contributed by atoms with Crippen LogP contribution < -0.4 is 10.2 Å². The molecule has 0 fully saturated rings. The summed E-state index contributed by atoms with van der Waals surface area (Å²) in [6.45, 7) is 1.65. The van der Waals surface area contributed by atoms with Gasteiger partial charge in [0.2, 0.25) is 0 Å². The van der Waals surface area contributed by atoms with Gasteiger partial charge in [-0.1, -0.05) is 53.0 Å². The number of nitrogens with one attached hydrogen (secondary N) is 1. The SMILES string of the molecule is Cc1cc(Cl)cc(N(Cc2ccccc2Cl)C(=O)O)c1NC(=O)c1cc(Br)nn1-c1ncccc1Cl. The van der Waals surface area contributed by atoms with Gasteiger partial charge in [0.1, 0.15) is 10.3 Å². The van der Waals surface area contributed by atoms with Crippen LogP contribution in [-0.4, -0.2) is 31.9 Å². The Balaban J connectivity index is 1.76. The molecule has 0 aliphatic heterocycles. The first kappa shape index (κ1) is 26.0. The van der Waals surface area contributed by atoms with Gasteiger partial charge in [0.25, 0.3) is 5.91 Å². The molecular formula is C24H17BrCl3N5O3. The van der Waals surface area contributed by atoms with Gasteiger partial charge in [0.15, 0.2) is 5.82 Å². The van der Waals surface area contributed by atoms with Crippen LogP contribution in [0.15, 0.2) is 65.4 Å². The molecule has 2 aromatic heterocycles. The Hall–Kier alpha value is -3.11. The molecule has 2 amide bonds. The molecular weight excluding hydrogens is 593 g/mol. The lowest BCUT2D eigenvalue weighted by atomic mass is 10.1. The predicted octanol–water partition coefficient (Wildman–Crippen LogP) is 7.24. The van der Waals surface area contributed by atoms with E-state index in [0.29, 0.717) is 30.8 Å². The van der Waals surface area contributed by atoms with Gasteiger partial charge in [-0.25, -0.2) is 14.5 Å². The van der Waals surface area contributed by atoms with E-state index in [9.17, 15) is 14.7 Å². The Bertz CT molecular complexity index is 1480. The number of benzene rings is 2. The molecule has 4 rings (SSSR count). The van der Waals surface area contributed by atoms with Crippen LogP contribution in [0.1, 0.15) is 21.6 Å². The van der Waals surface area contributed by atoms with Crippen LogP contribution in [-0.2, 0) is 6.54 Å². The van der Waals surface area contributed by atoms with Crippen LogP contribution >= 0.6 is 50.7 Å². The molecule has 0 aliphatic rings. The Morgan fingerprint density at radius 1 is 1.08 bits per heavy atom. The zero-order valence-corrected chi connectivity index (χ0v) is 22.4. The lowest BCUT2D eigenvalue weighted by Gasteiger charge is -2.24. The second-order valence-corrected chi connectivity index (χ2v) is 9.67. The minimum absolute atomic E-state index is 0.0648. The van der Waals surface area contributed by atoms with Crippen molar-refractivity contribution in [3.05, 3.63) is 97.3 Å². The topological polar surface area (TPSA) is 100 Å². The summed E-state index contributed by atoms with van der Waals surface area (Å²) >= 11 is 22.1. The first-order valence-corrected chi connectivity index (χ1v) is 12.3. The normalized spacial score (nSPS) is 10.8. The van der Waals surface area contributed by atoms with Crippen molar-refractivity contribution in [2.24, 2.45) is 0 Å². The molecule has 0 aliphatic carbocycles. The quantitative estimate of drug-likeness (QED) is 0.240. The highest BCUT2D eigenvalue weighted by atomic mass is 79.9. The molecule has 0 saturated heterocycles. The first-order chi connectivity index (χ1) is 17.2. The van der Waals surface area contributed by atoms with E-state index in [1.165, 1.54) is 23.0 Å². The number of aryl methyl sites for hydroxylation is 1. The number of hydrogen-bond donors (Lipinski definition) is 2. The molecule has 0 spiro atoms. The van der Waals surface area contributed by atoms with Crippen LogP contribution in [0, 0.1) is 6.92 Å². The lowest BCUT2D eigenvalue weighted by Crippen LogP contribution is -2.30. The number of carbonyl (C=O) groups is 2. The van der Waals surface area contributed by atoms with Crippen LogP contribution in [0.25, 0.3) is 5.82 Å². The predicted molar refractivity (Wildman–Crippen MR) is 144 cm³/mol. The second-order valence-electron chi connectivity index (χ2n) is 7.60. The Morgan fingerprint density at radius 2 is 1.81 bits per heavy atom. The summed E-state index contributed by atoms with van der Waals surface area (Å²) in [6, 6.07) is 14.8. The van der Waals surface area contributed by atoms with Crippen molar-refractivity contribution in [2.75, 3.05) is 10.2 Å². The van der Waals surface area contributed by atoms with Gasteiger partial charge in [-0.05, 0) is 64.3 Å². The third kappa shape index (κ3) is 5.49. The monoisotopic (exact) mass is 607 g/mol. The van der Waals surface area contributed by atoms with Gasteiger partial charge in [-0.3, -0.25) is 9.69 Å². The van der Waals surface area contributed by atoms with Crippen LogP contribution in [0.3, 0.4) is 0 Å². The fraction of sp³-hybridized carbons (Fsp3) is 0.0833. The fourth-order valence-corrected chi connectivity index (χ4v) is 4.58. The maximum Gasteiger partial charge on any atom is 0.412 e. The molecule has 2 heterocycles. The molecule has 0 bridgehead atoms. The van der Waals surface area contributed by atoms with Gasteiger partial charge < -0.3 is 10.4 Å². The van der Waals surface area contributed by atoms with Crippen LogP contribution in [0.4, 0.5) is 16.2 Å². The van der Waals surface area contributed by atoms with Crippen molar-refractivity contribution < 1.29 is 14.7 Å². The summed E-state index contributed by atoms with van der Waals surface area (Å²) in [6.07, 6.45) is 0.277. The number of hydrogen-bond acceptors (Lipinski definition) is 4. The van der Waals surface area contributed by atoms with E-state index >= 15 is 0 Å². The highest BCUT2D eigenvalue weighted by Gasteiger charge is 2.25. The number of pyridine rings is 1. The highest BCUT2D eigenvalue weighted by molar-refractivity contribution is 9.10. The summed E-state index contributed by atoms with van der Waals surface area (Å²) in [4.78, 5) is 31.0. The first-order valence-electron chi connectivity index (χ1n) is 10.4. The van der Waals surface area contributed by atoms with Crippen molar-refractivity contribution in [3.8, 4) is 5.82 Å². The molecule has 184 valence electrons. The summed E-state index contributed by atoms with van der Waals surface area (Å²) in [5.74, 6) is -0.307. The van der Waals surface area contributed by atoms with Gasteiger partial charge in [-0.2, -0.15) is 5.10 Å². The minimum atomic E-state index is -1.25. The maximum atomic E-state index is 13.4. The highest BCUT2D eigenvalue weighted by Crippen LogP contribution is 2.35. The Morgan fingerprint density at radius 3 is 2.50 bits per heavy atom. The third-order valence-electron chi connectivity index (χ3n) is 5.18. The van der Waals surface area contributed by atoms with Crippen molar-refractivity contribution >= 4 is 74.1 Å². The largest absolute Gasteiger partial charge is 0.465 e. The van der Waals surface area contributed by atoms with Crippen LogP contribution in [0.5, 0.6) is 0 Å². The standard InChI is InChI=1S/C24H17BrCl3N5O3/c1-13-9-15(26)10-18(32(24(35)36)12-14-5-2-3-6-16(14)27)21(13)30-23(34)19-11-20(25)31-33(19)22-17(28)7-4-8-29-22/h2-11H,12H2,1H3,(H,30,34)(H,35,36).